The molecule has 128 valence electrons. The smallest absolute Gasteiger partial charge is 0.330 e. The summed E-state index contributed by atoms with van der Waals surface area (Å²) < 4.78 is 4.85. The maximum Gasteiger partial charge on any atom is 0.330 e. The zero-order valence-electron chi connectivity index (χ0n) is 13.2. The van der Waals surface area contributed by atoms with Crippen molar-refractivity contribution < 1.29 is 23.9 Å². The normalized spacial score (nSPS) is 18.0. The Balaban J connectivity index is 2.01. The van der Waals surface area contributed by atoms with Gasteiger partial charge in [-0.05, 0) is 31.5 Å². The molecular weight excluding hydrogens is 332 g/mol. The minimum absolute atomic E-state index is 0.236. The number of Topliss-reactive ketones (excluding diaryl/α,β-unsaturated/α-hetero) is 1. The molecule has 1 aromatic heterocycles. The average molecular weight is 350 g/mol. The number of nitrogens with one attached hydrogen (secondary N) is 1. The minimum atomic E-state index is -1.06. The molecule has 1 aromatic rings. The van der Waals surface area contributed by atoms with Gasteiger partial charge in [0.25, 0.3) is 0 Å². The first-order valence-electron chi connectivity index (χ1n) is 7.56. The molecule has 1 aliphatic rings. The SMILES string of the molecule is CC(=O)SC(CC(=O)c1cccnc1)C(=O)OC(=O)[C@@H]1CCCN1. The van der Waals surface area contributed by atoms with Crippen LogP contribution in [0.25, 0.3) is 0 Å². The molecule has 0 bridgehead atoms. The number of carbonyl (C=O) groups excluding carboxylic acids is 4. The van der Waals surface area contributed by atoms with Gasteiger partial charge in [0.05, 0.1) is 0 Å². The van der Waals surface area contributed by atoms with Crippen molar-refractivity contribution in [3.63, 3.8) is 0 Å². The van der Waals surface area contributed by atoms with Crippen molar-refractivity contribution >= 4 is 34.6 Å². The van der Waals surface area contributed by atoms with E-state index < -0.39 is 23.2 Å². The second-order valence-electron chi connectivity index (χ2n) is 5.36. The van der Waals surface area contributed by atoms with E-state index in [9.17, 15) is 19.2 Å². The fourth-order valence-corrected chi connectivity index (χ4v) is 3.09. The van der Waals surface area contributed by atoms with Crippen molar-refractivity contribution in [1.29, 1.82) is 0 Å². The van der Waals surface area contributed by atoms with Crippen molar-refractivity contribution in [1.82, 2.24) is 10.3 Å². The summed E-state index contributed by atoms with van der Waals surface area (Å²) in [6.45, 7) is 1.99. The zero-order chi connectivity index (χ0) is 17.5. The molecular formula is C16H18N2O5S. The van der Waals surface area contributed by atoms with E-state index in [0.717, 1.165) is 6.42 Å². The lowest BCUT2D eigenvalue weighted by Gasteiger charge is -2.14. The van der Waals surface area contributed by atoms with Gasteiger partial charge >= 0.3 is 11.9 Å². The number of nitrogens with zero attached hydrogens (tertiary/aromatic N) is 1. The lowest BCUT2D eigenvalue weighted by Crippen LogP contribution is -2.36. The van der Waals surface area contributed by atoms with Gasteiger partial charge < -0.3 is 10.1 Å². The molecule has 7 nitrogen and oxygen atoms in total. The fraction of sp³-hybridized carbons (Fsp3) is 0.438. The van der Waals surface area contributed by atoms with Crippen molar-refractivity contribution in [3.8, 4) is 0 Å². The maximum absolute atomic E-state index is 12.2. The van der Waals surface area contributed by atoms with Crippen LogP contribution in [0.3, 0.4) is 0 Å². The Morgan fingerprint density at radius 1 is 1.42 bits per heavy atom. The average Bonchev–Trinajstić information content (AvgIpc) is 3.09. The largest absolute Gasteiger partial charge is 0.391 e. The van der Waals surface area contributed by atoms with Crippen LogP contribution in [-0.4, -0.2) is 45.7 Å². The molecule has 2 atom stereocenters. The van der Waals surface area contributed by atoms with E-state index in [-0.39, 0.29) is 17.3 Å². The Bertz CT molecular complexity index is 629. The van der Waals surface area contributed by atoms with Gasteiger partial charge in [-0.2, -0.15) is 0 Å². The zero-order valence-corrected chi connectivity index (χ0v) is 14.0. The number of ether oxygens (including phenoxy) is 1. The summed E-state index contributed by atoms with van der Waals surface area (Å²) in [5.41, 5.74) is 0.336. The second kappa shape index (κ2) is 8.70. The van der Waals surface area contributed by atoms with Crippen molar-refractivity contribution in [3.05, 3.63) is 30.1 Å². The molecule has 0 aromatic carbocycles. The first kappa shape index (κ1) is 18.3. The highest BCUT2D eigenvalue weighted by Crippen LogP contribution is 2.20. The number of pyridine rings is 1. The Morgan fingerprint density at radius 3 is 2.79 bits per heavy atom. The van der Waals surface area contributed by atoms with E-state index in [1.807, 2.05) is 0 Å². The number of rotatable bonds is 6. The van der Waals surface area contributed by atoms with Crippen LogP contribution in [0.1, 0.15) is 36.5 Å². The summed E-state index contributed by atoms with van der Waals surface area (Å²) in [5, 5.41) is 1.55. The van der Waals surface area contributed by atoms with E-state index >= 15 is 0 Å². The third-order valence-electron chi connectivity index (χ3n) is 3.47. The molecule has 2 rings (SSSR count). The molecule has 0 spiro atoms. The summed E-state index contributed by atoms with van der Waals surface area (Å²) in [4.78, 5) is 51.5. The molecule has 1 unspecified atom stereocenters. The van der Waals surface area contributed by atoms with E-state index in [0.29, 0.717) is 30.3 Å². The quantitative estimate of drug-likeness (QED) is 0.463. The van der Waals surface area contributed by atoms with Gasteiger partial charge in [0, 0.05) is 31.3 Å². The summed E-state index contributed by atoms with van der Waals surface area (Å²) >= 11 is 0.688. The molecule has 1 saturated heterocycles. The standard InChI is InChI=1S/C16H18N2O5S/c1-10(19)24-14(8-13(20)11-4-2-6-17-9-11)16(22)23-15(21)12-5-3-7-18-12/h2,4,6,9,12,14,18H,3,5,7-8H2,1H3/t12-,14?/m0/s1. The van der Waals surface area contributed by atoms with Gasteiger partial charge in [0.2, 0.25) is 0 Å². The number of esters is 2. The summed E-state index contributed by atoms with van der Waals surface area (Å²) in [5.74, 6) is -1.88. The molecule has 0 aliphatic carbocycles. The molecule has 1 N–H and O–H groups in total. The van der Waals surface area contributed by atoms with Crippen LogP contribution >= 0.6 is 11.8 Å². The molecule has 1 fully saturated rings. The Kier molecular flexibility index (Phi) is 6.62. The lowest BCUT2D eigenvalue weighted by molar-refractivity contribution is -0.160. The first-order chi connectivity index (χ1) is 11.5. The van der Waals surface area contributed by atoms with E-state index in [1.165, 1.54) is 19.3 Å². The van der Waals surface area contributed by atoms with Crippen LogP contribution in [0.15, 0.2) is 24.5 Å². The minimum Gasteiger partial charge on any atom is -0.391 e. The van der Waals surface area contributed by atoms with Crippen LogP contribution in [-0.2, 0) is 19.1 Å². The third kappa shape index (κ3) is 5.24. The number of carbonyl (C=O) groups is 4. The number of thioether (sulfide) groups is 1. The number of hydrogen-bond donors (Lipinski definition) is 1. The summed E-state index contributed by atoms with van der Waals surface area (Å²) in [7, 11) is 0. The van der Waals surface area contributed by atoms with E-state index in [2.05, 4.69) is 10.3 Å². The highest BCUT2D eigenvalue weighted by atomic mass is 32.2. The molecule has 1 aliphatic heterocycles. The molecule has 0 radical (unpaired) electrons. The molecule has 8 heteroatoms. The van der Waals surface area contributed by atoms with Crippen LogP contribution < -0.4 is 5.32 Å². The predicted molar refractivity (Wildman–Crippen MR) is 87.4 cm³/mol. The van der Waals surface area contributed by atoms with E-state index in [4.69, 9.17) is 4.74 Å². The van der Waals surface area contributed by atoms with Crippen LogP contribution in [0.5, 0.6) is 0 Å². The molecule has 0 saturated carbocycles. The number of hydrogen-bond acceptors (Lipinski definition) is 8. The highest BCUT2D eigenvalue weighted by molar-refractivity contribution is 8.14. The topological polar surface area (TPSA) is 102 Å². The third-order valence-corrected chi connectivity index (χ3v) is 4.45. The Morgan fingerprint density at radius 2 is 2.21 bits per heavy atom. The van der Waals surface area contributed by atoms with Gasteiger partial charge in [-0.15, -0.1) is 0 Å². The molecule has 0 amide bonds. The summed E-state index contributed by atoms with van der Waals surface area (Å²) in [6, 6.07) is 2.67. The fourth-order valence-electron chi connectivity index (χ4n) is 2.31. The van der Waals surface area contributed by atoms with Gasteiger partial charge in [-0.1, -0.05) is 11.8 Å². The Labute approximate surface area is 143 Å². The monoisotopic (exact) mass is 350 g/mol. The van der Waals surface area contributed by atoms with Crippen LogP contribution in [0.2, 0.25) is 0 Å². The van der Waals surface area contributed by atoms with Gasteiger partial charge in [-0.25, -0.2) is 4.79 Å². The number of ketones is 1. The van der Waals surface area contributed by atoms with Crippen molar-refractivity contribution in [2.75, 3.05) is 6.54 Å². The van der Waals surface area contributed by atoms with Gasteiger partial charge in [0.1, 0.15) is 11.3 Å². The van der Waals surface area contributed by atoms with Gasteiger partial charge in [0.15, 0.2) is 10.9 Å². The van der Waals surface area contributed by atoms with Crippen molar-refractivity contribution in [2.24, 2.45) is 0 Å². The summed E-state index contributed by atoms with van der Waals surface area (Å²) in [6.07, 6.45) is 4.11. The predicted octanol–water partition coefficient (Wildman–Crippen LogP) is 1.12. The lowest BCUT2D eigenvalue weighted by atomic mass is 10.1. The van der Waals surface area contributed by atoms with E-state index in [1.54, 1.807) is 12.1 Å². The molecule has 24 heavy (non-hydrogen) atoms. The van der Waals surface area contributed by atoms with Crippen molar-refractivity contribution in [2.45, 2.75) is 37.5 Å². The highest BCUT2D eigenvalue weighted by Gasteiger charge is 2.31. The number of aromatic nitrogens is 1. The van der Waals surface area contributed by atoms with Gasteiger partial charge in [-0.3, -0.25) is 19.4 Å². The maximum atomic E-state index is 12.2. The second-order valence-corrected chi connectivity index (χ2v) is 6.74. The van der Waals surface area contributed by atoms with Crippen LogP contribution in [0.4, 0.5) is 0 Å². The first-order valence-corrected chi connectivity index (χ1v) is 8.44. The molecule has 2 heterocycles. The Hall–Kier alpha value is -2.06. The van der Waals surface area contributed by atoms with Crippen LogP contribution in [0, 0.1) is 0 Å².